The second-order valence-electron chi connectivity index (χ2n) is 5.19. The zero-order valence-electron chi connectivity index (χ0n) is 11.5. The Morgan fingerprint density at radius 1 is 1.48 bits per heavy atom. The van der Waals surface area contributed by atoms with Gasteiger partial charge in [-0.1, -0.05) is 6.42 Å². The number of rotatable bonds is 5. The van der Waals surface area contributed by atoms with Gasteiger partial charge in [-0.15, -0.1) is 0 Å². The summed E-state index contributed by atoms with van der Waals surface area (Å²) in [4.78, 5) is 9.09. The lowest BCUT2D eigenvalue weighted by Crippen LogP contribution is -2.35. The highest BCUT2D eigenvalue weighted by atomic mass is 32.2. The first-order valence-corrected chi connectivity index (χ1v) is 7.87. The van der Waals surface area contributed by atoms with Gasteiger partial charge in [-0.2, -0.15) is 0 Å². The number of nitrogen functional groups attached to an aromatic ring is 1. The molecule has 0 amide bonds. The first-order valence-electron chi connectivity index (χ1n) is 6.43. The first-order chi connectivity index (χ1) is 9.73. The highest BCUT2D eigenvalue weighted by Gasteiger charge is 2.31. The summed E-state index contributed by atoms with van der Waals surface area (Å²) < 4.78 is 39.8. The van der Waals surface area contributed by atoms with Crippen molar-refractivity contribution in [3.63, 3.8) is 0 Å². The summed E-state index contributed by atoms with van der Waals surface area (Å²) in [5, 5.41) is 10.6. The van der Waals surface area contributed by atoms with Crippen LogP contribution in [0.2, 0.25) is 0 Å². The van der Waals surface area contributed by atoms with E-state index in [4.69, 9.17) is 5.73 Å². The van der Waals surface area contributed by atoms with E-state index in [1.165, 1.54) is 7.05 Å². The largest absolute Gasteiger partial charge is 0.397 e. The lowest BCUT2D eigenvalue weighted by molar-refractivity contribution is -0.385. The normalized spacial score (nSPS) is 16.0. The third-order valence-corrected chi connectivity index (χ3v) is 5.59. The molecule has 116 valence electrons. The average Bonchev–Trinajstić information content (AvgIpc) is 2.31. The van der Waals surface area contributed by atoms with Crippen molar-refractivity contribution in [3.05, 3.63) is 28.1 Å². The van der Waals surface area contributed by atoms with E-state index >= 15 is 0 Å². The van der Waals surface area contributed by atoms with Crippen molar-refractivity contribution in [2.75, 3.05) is 19.3 Å². The summed E-state index contributed by atoms with van der Waals surface area (Å²) in [5.74, 6) is -0.936. The molecule has 1 aromatic rings. The molecule has 0 radical (unpaired) electrons. The van der Waals surface area contributed by atoms with E-state index in [0.29, 0.717) is 6.07 Å². The topological polar surface area (TPSA) is 107 Å². The maximum absolute atomic E-state index is 14.0. The molecule has 7 nitrogen and oxygen atoms in total. The van der Waals surface area contributed by atoms with Gasteiger partial charge in [0, 0.05) is 19.7 Å². The van der Waals surface area contributed by atoms with Crippen molar-refractivity contribution in [2.45, 2.75) is 24.2 Å². The van der Waals surface area contributed by atoms with E-state index in [9.17, 15) is 22.9 Å². The predicted molar refractivity (Wildman–Crippen MR) is 74.6 cm³/mol. The number of nitrogens with two attached hydrogens (primary N) is 1. The number of hydrogen-bond donors (Lipinski definition) is 1. The van der Waals surface area contributed by atoms with Crippen molar-refractivity contribution in [1.82, 2.24) is 4.31 Å². The molecule has 0 bridgehead atoms. The van der Waals surface area contributed by atoms with Crippen molar-refractivity contribution >= 4 is 21.4 Å². The smallest absolute Gasteiger partial charge is 0.274 e. The Balaban J connectivity index is 2.37. The van der Waals surface area contributed by atoms with Crippen LogP contribution in [0.3, 0.4) is 0 Å². The van der Waals surface area contributed by atoms with Crippen LogP contribution < -0.4 is 5.73 Å². The van der Waals surface area contributed by atoms with E-state index in [-0.39, 0.29) is 12.5 Å². The molecule has 1 aromatic carbocycles. The predicted octanol–water partition coefficient (Wildman–Crippen LogP) is 1.74. The van der Waals surface area contributed by atoms with Gasteiger partial charge in [0.2, 0.25) is 10.0 Å². The molecule has 0 aromatic heterocycles. The Bertz CT molecular complexity index is 650. The second-order valence-corrected chi connectivity index (χ2v) is 7.17. The summed E-state index contributed by atoms with van der Waals surface area (Å²) in [6.45, 7) is 0.290. The number of hydrogen-bond acceptors (Lipinski definition) is 5. The average molecular weight is 317 g/mol. The Hall–Kier alpha value is -1.74. The minimum Gasteiger partial charge on any atom is -0.397 e. The molecule has 0 saturated heterocycles. The zero-order chi connectivity index (χ0) is 15.8. The molecule has 0 aliphatic heterocycles. The highest BCUT2D eigenvalue weighted by molar-refractivity contribution is 7.89. The number of benzene rings is 1. The van der Waals surface area contributed by atoms with Crippen molar-refractivity contribution in [3.8, 4) is 0 Å². The van der Waals surface area contributed by atoms with Crippen LogP contribution in [0, 0.1) is 21.8 Å². The number of sulfonamides is 1. The van der Waals surface area contributed by atoms with Gasteiger partial charge in [0.1, 0.15) is 4.90 Å². The van der Waals surface area contributed by atoms with Gasteiger partial charge in [-0.3, -0.25) is 10.1 Å². The molecule has 1 saturated carbocycles. The summed E-state index contributed by atoms with van der Waals surface area (Å²) in [5.41, 5.74) is 4.48. The molecule has 2 N–H and O–H groups in total. The van der Waals surface area contributed by atoms with E-state index in [0.717, 1.165) is 29.6 Å². The molecule has 0 atom stereocenters. The molecular formula is C12H16FN3O4S. The van der Waals surface area contributed by atoms with E-state index < -0.39 is 37.0 Å². The van der Waals surface area contributed by atoms with Crippen LogP contribution >= 0.6 is 0 Å². The van der Waals surface area contributed by atoms with Crippen LogP contribution in [0.15, 0.2) is 17.0 Å². The maximum atomic E-state index is 14.0. The van der Waals surface area contributed by atoms with Crippen molar-refractivity contribution in [2.24, 2.45) is 5.92 Å². The number of nitrogens with zero attached hydrogens (tertiary/aromatic N) is 2. The lowest BCUT2D eigenvalue weighted by Gasteiger charge is -2.29. The summed E-state index contributed by atoms with van der Waals surface area (Å²) in [6.07, 6.45) is 2.95. The Morgan fingerprint density at radius 3 is 2.52 bits per heavy atom. The molecule has 0 unspecified atom stereocenters. The van der Waals surface area contributed by atoms with Gasteiger partial charge in [0.05, 0.1) is 16.7 Å². The number of halogens is 1. The standard InChI is InChI=1S/C12H16FN3O4S/c1-15(7-8-3-2-4-8)21(19,20)12-10(13)5-9(16(17)18)6-11(12)14/h5-6,8H,2-4,7,14H2,1H3. The fourth-order valence-electron chi connectivity index (χ4n) is 2.27. The van der Waals surface area contributed by atoms with Crippen molar-refractivity contribution in [1.29, 1.82) is 0 Å². The van der Waals surface area contributed by atoms with Gasteiger partial charge in [0.25, 0.3) is 5.69 Å². The van der Waals surface area contributed by atoms with Crippen molar-refractivity contribution < 1.29 is 17.7 Å². The number of anilines is 1. The molecule has 0 heterocycles. The molecule has 21 heavy (non-hydrogen) atoms. The van der Waals surface area contributed by atoms with Gasteiger partial charge in [-0.05, 0) is 18.8 Å². The van der Waals surface area contributed by atoms with Crippen LogP contribution in [0.5, 0.6) is 0 Å². The number of nitro groups is 1. The van der Waals surface area contributed by atoms with Gasteiger partial charge >= 0.3 is 0 Å². The number of non-ortho nitro benzene ring substituents is 1. The molecule has 9 heteroatoms. The van der Waals surface area contributed by atoms with Crippen LogP contribution in [0.25, 0.3) is 0 Å². The molecule has 1 fully saturated rings. The minimum atomic E-state index is -4.10. The quantitative estimate of drug-likeness (QED) is 0.505. The maximum Gasteiger partial charge on any atom is 0.274 e. The third kappa shape index (κ3) is 2.98. The lowest BCUT2D eigenvalue weighted by atomic mass is 9.86. The molecule has 0 spiro atoms. The molecular weight excluding hydrogens is 301 g/mol. The Kier molecular flexibility index (Phi) is 4.15. The van der Waals surface area contributed by atoms with Crippen LogP contribution in [0.4, 0.5) is 15.8 Å². The van der Waals surface area contributed by atoms with E-state index in [1.807, 2.05) is 0 Å². The molecule has 1 aliphatic rings. The Labute approximate surface area is 121 Å². The van der Waals surface area contributed by atoms with E-state index in [2.05, 4.69) is 0 Å². The monoisotopic (exact) mass is 317 g/mol. The molecule has 1 aliphatic carbocycles. The summed E-state index contributed by atoms with van der Waals surface area (Å²) >= 11 is 0. The van der Waals surface area contributed by atoms with Gasteiger partial charge in [-0.25, -0.2) is 17.1 Å². The summed E-state index contributed by atoms with van der Waals surface area (Å²) in [7, 11) is -2.75. The SMILES string of the molecule is CN(CC1CCC1)S(=O)(=O)c1c(N)cc([N+](=O)[O-])cc1F. The number of nitro benzene ring substituents is 1. The third-order valence-electron chi connectivity index (χ3n) is 3.68. The zero-order valence-corrected chi connectivity index (χ0v) is 12.3. The van der Waals surface area contributed by atoms with Gasteiger partial charge < -0.3 is 5.73 Å². The minimum absolute atomic E-state index is 0.270. The fourth-order valence-corrected chi connectivity index (χ4v) is 3.65. The first kappa shape index (κ1) is 15.6. The van der Waals surface area contributed by atoms with Gasteiger partial charge in [0.15, 0.2) is 5.82 Å². The van der Waals surface area contributed by atoms with Crippen LogP contribution in [-0.4, -0.2) is 31.2 Å². The summed E-state index contributed by atoms with van der Waals surface area (Å²) in [6, 6.07) is 1.42. The van der Waals surface area contributed by atoms with E-state index in [1.54, 1.807) is 0 Å². The second kappa shape index (κ2) is 5.57. The highest BCUT2D eigenvalue weighted by Crippen LogP contribution is 2.32. The fraction of sp³-hybridized carbons (Fsp3) is 0.500. The molecule has 2 rings (SSSR count). The van der Waals surface area contributed by atoms with Crippen LogP contribution in [0.1, 0.15) is 19.3 Å². The Morgan fingerprint density at radius 2 is 2.10 bits per heavy atom. The van der Waals surface area contributed by atoms with Crippen LogP contribution in [-0.2, 0) is 10.0 Å².